The fourth-order valence-electron chi connectivity index (χ4n) is 3.65. The van der Waals surface area contributed by atoms with E-state index in [0.717, 1.165) is 22.9 Å². The van der Waals surface area contributed by atoms with E-state index in [-0.39, 0.29) is 5.56 Å². The molecule has 158 valence electrons. The van der Waals surface area contributed by atoms with Gasteiger partial charge < -0.3 is 16.8 Å². The van der Waals surface area contributed by atoms with Crippen LogP contribution in [-0.4, -0.2) is 27.0 Å². The highest BCUT2D eigenvalue weighted by atomic mass is 19.1. The summed E-state index contributed by atoms with van der Waals surface area (Å²) < 4.78 is 15.9. The van der Waals surface area contributed by atoms with Gasteiger partial charge in [0.25, 0.3) is 0 Å². The van der Waals surface area contributed by atoms with Crippen LogP contribution in [0.15, 0.2) is 54.7 Å². The molecule has 0 radical (unpaired) electrons. The number of fused-ring (bicyclic) bond motifs is 1. The van der Waals surface area contributed by atoms with Crippen LogP contribution in [0.25, 0.3) is 16.9 Å². The molecule has 0 aliphatic carbocycles. The molecule has 0 fully saturated rings. The summed E-state index contributed by atoms with van der Waals surface area (Å²) in [5.41, 5.74) is 14.6. The van der Waals surface area contributed by atoms with Gasteiger partial charge in [0.1, 0.15) is 11.6 Å². The van der Waals surface area contributed by atoms with Crippen molar-refractivity contribution in [3.8, 4) is 5.95 Å². The summed E-state index contributed by atoms with van der Waals surface area (Å²) in [6.07, 6.45) is 2.34. The van der Waals surface area contributed by atoms with E-state index in [1.54, 1.807) is 16.8 Å². The van der Waals surface area contributed by atoms with Gasteiger partial charge in [0.05, 0.1) is 11.1 Å². The van der Waals surface area contributed by atoms with Gasteiger partial charge in [-0.2, -0.15) is 4.98 Å². The zero-order valence-corrected chi connectivity index (χ0v) is 17.1. The minimum Gasteiger partial charge on any atom is -0.366 e. The van der Waals surface area contributed by atoms with Crippen molar-refractivity contribution in [2.75, 3.05) is 11.9 Å². The lowest BCUT2D eigenvalue weighted by Crippen LogP contribution is -2.13. The van der Waals surface area contributed by atoms with Crippen molar-refractivity contribution in [1.82, 2.24) is 14.5 Å². The molecule has 0 aliphatic rings. The number of carbonyl (C=O) groups excluding carboxylic acids is 1. The first-order chi connectivity index (χ1) is 15.0. The van der Waals surface area contributed by atoms with Gasteiger partial charge in [-0.1, -0.05) is 30.3 Å². The number of carbonyl (C=O) groups is 1. The Kier molecular flexibility index (Phi) is 5.64. The van der Waals surface area contributed by atoms with Crippen molar-refractivity contribution >= 4 is 22.6 Å². The lowest BCUT2D eigenvalue weighted by molar-refractivity contribution is 0.100. The van der Waals surface area contributed by atoms with Crippen LogP contribution >= 0.6 is 0 Å². The first-order valence-electron chi connectivity index (χ1n) is 9.93. The highest BCUT2D eigenvalue weighted by Crippen LogP contribution is 2.27. The summed E-state index contributed by atoms with van der Waals surface area (Å²) in [6.45, 7) is 2.89. The summed E-state index contributed by atoms with van der Waals surface area (Å²) in [7, 11) is 0. The summed E-state index contributed by atoms with van der Waals surface area (Å²) in [5, 5.41) is 3.91. The third-order valence-electron chi connectivity index (χ3n) is 5.10. The number of halogens is 1. The van der Waals surface area contributed by atoms with Crippen molar-refractivity contribution in [3.63, 3.8) is 0 Å². The maximum atomic E-state index is 14.2. The predicted octanol–water partition coefficient (Wildman–Crippen LogP) is 3.08. The number of primary amides is 1. The zero-order chi connectivity index (χ0) is 22.0. The Balaban J connectivity index is 1.80. The van der Waals surface area contributed by atoms with Gasteiger partial charge in [-0.25, -0.2) is 9.37 Å². The second-order valence-electron chi connectivity index (χ2n) is 7.29. The van der Waals surface area contributed by atoms with Crippen LogP contribution in [0.1, 0.15) is 27.2 Å². The normalized spacial score (nSPS) is 11.1. The number of amides is 1. The Morgan fingerprint density at radius 2 is 1.97 bits per heavy atom. The largest absolute Gasteiger partial charge is 0.366 e. The molecule has 0 aliphatic heterocycles. The molecule has 0 unspecified atom stereocenters. The van der Waals surface area contributed by atoms with Gasteiger partial charge in [0.2, 0.25) is 11.9 Å². The molecule has 5 N–H and O–H groups in total. The lowest BCUT2D eigenvalue weighted by Gasteiger charge is -2.14. The molecular weight excluding hydrogens is 395 g/mol. The molecule has 0 spiro atoms. The van der Waals surface area contributed by atoms with Crippen LogP contribution in [0.4, 0.5) is 10.2 Å². The number of anilines is 1. The third-order valence-corrected chi connectivity index (χ3v) is 5.10. The zero-order valence-electron chi connectivity index (χ0n) is 17.1. The fourth-order valence-corrected chi connectivity index (χ4v) is 3.65. The number of nitrogens with zero attached hydrogens (tertiary/aromatic N) is 3. The summed E-state index contributed by atoms with van der Waals surface area (Å²) >= 11 is 0. The van der Waals surface area contributed by atoms with E-state index in [1.165, 1.54) is 6.07 Å². The minimum atomic E-state index is -0.689. The number of aromatic nitrogens is 3. The lowest BCUT2D eigenvalue weighted by atomic mass is 10.1. The van der Waals surface area contributed by atoms with Crippen molar-refractivity contribution in [2.45, 2.75) is 19.9 Å². The monoisotopic (exact) mass is 418 g/mol. The molecule has 8 heteroatoms. The Labute approximate surface area is 178 Å². The van der Waals surface area contributed by atoms with Gasteiger partial charge >= 0.3 is 0 Å². The van der Waals surface area contributed by atoms with Crippen LogP contribution in [-0.2, 0) is 13.0 Å². The fraction of sp³-hybridized carbons (Fsp3) is 0.174. The summed E-state index contributed by atoms with van der Waals surface area (Å²) in [6, 6.07) is 14.2. The molecule has 31 heavy (non-hydrogen) atoms. The highest BCUT2D eigenvalue weighted by molar-refractivity contribution is 6.06. The van der Waals surface area contributed by atoms with E-state index in [2.05, 4.69) is 10.3 Å². The Morgan fingerprint density at radius 1 is 1.19 bits per heavy atom. The molecule has 0 bridgehead atoms. The second kappa shape index (κ2) is 8.53. The predicted molar refractivity (Wildman–Crippen MR) is 119 cm³/mol. The quantitative estimate of drug-likeness (QED) is 0.427. The molecule has 0 atom stereocenters. The molecule has 2 aromatic carbocycles. The SMILES string of the molecule is Cc1cc2c(C(N)=O)cc(F)cc2n1-c1ncc(CCN)c(NCc2ccccc2)n1. The van der Waals surface area contributed by atoms with Gasteiger partial charge in [0.15, 0.2) is 0 Å². The number of hydrogen-bond donors (Lipinski definition) is 3. The standard InChI is InChI=1S/C23H23FN6O/c1-14-9-18-19(21(26)31)10-17(24)11-20(18)30(14)23-28-13-16(7-8-25)22(29-23)27-12-15-5-3-2-4-6-15/h2-6,9-11,13H,7-8,12,25H2,1H3,(H2,26,31)(H,27,28,29). The summed E-state index contributed by atoms with van der Waals surface area (Å²) in [4.78, 5) is 21.0. The number of rotatable bonds is 7. The van der Waals surface area contributed by atoms with E-state index in [0.29, 0.717) is 42.2 Å². The molecule has 4 rings (SSSR count). The van der Waals surface area contributed by atoms with E-state index in [9.17, 15) is 9.18 Å². The van der Waals surface area contributed by atoms with Gasteiger partial charge in [0, 0.05) is 29.4 Å². The Bertz CT molecular complexity index is 1250. The van der Waals surface area contributed by atoms with E-state index < -0.39 is 11.7 Å². The smallest absolute Gasteiger partial charge is 0.249 e. The second-order valence-corrected chi connectivity index (χ2v) is 7.29. The highest BCUT2D eigenvalue weighted by Gasteiger charge is 2.18. The minimum absolute atomic E-state index is 0.124. The molecule has 7 nitrogen and oxygen atoms in total. The van der Waals surface area contributed by atoms with E-state index in [1.807, 2.05) is 37.3 Å². The molecular formula is C23H23FN6O. The van der Waals surface area contributed by atoms with Crippen LogP contribution in [0, 0.1) is 12.7 Å². The number of aryl methyl sites for hydroxylation is 1. The Hall–Kier alpha value is -3.78. The molecule has 0 saturated heterocycles. The van der Waals surface area contributed by atoms with Gasteiger partial charge in [-0.15, -0.1) is 0 Å². The molecule has 2 heterocycles. The van der Waals surface area contributed by atoms with Crippen molar-refractivity contribution in [2.24, 2.45) is 11.5 Å². The number of hydrogen-bond acceptors (Lipinski definition) is 5. The average Bonchev–Trinajstić information content (AvgIpc) is 3.08. The average molecular weight is 418 g/mol. The van der Waals surface area contributed by atoms with Crippen molar-refractivity contribution in [1.29, 1.82) is 0 Å². The van der Waals surface area contributed by atoms with E-state index >= 15 is 0 Å². The van der Waals surface area contributed by atoms with E-state index in [4.69, 9.17) is 16.5 Å². The van der Waals surface area contributed by atoms with Crippen LogP contribution < -0.4 is 16.8 Å². The molecule has 1 amide bonds. The molecule has 4 aromatic rings. The van der Waals surface area contributed by atoms with Crippen molar-refractivity contribution < 1.29 is 9.18 Å². The number of nitrogens with two attached hydrogens (primary N) is 2. The maximum Gasteiger partial charge on any atom is 0.249 e. The first kappa shape index (κ1) is 20.5. The van der Waals surface area contributed by atoms with Gasteiger partial charge in [-0.05, 0) is 43.7 Å². The number of benzene rings is 2. The molecule has 0 saturated carbocycles. The molecule has 2 aromatic heterocycles. The van der Waals surface area contributed by atoms with Gasteiger partial charge in [-0.3, -0.25) is 9.36 Å². The third kappa shape index (κ3) is 4.10. The first-order valence-corrected chi connectivity index (χ1v) is 9.93. The van der Waals surface area contributed by atoms with Crippen LogP contribution in [0.2, 0.25) is 0 Å². The number of nitrogens with one attached hydrogen (secondary N) is 1. The summed E-state index contributed by atoms with van der Waals surface area (Å²) in [5.74, 6) is -0.217. The van der Waals surface area contributed by atoms with Crippen LogP contribution in [0.5, 0.6) is 0 Å². The maximum absolute atomic E-state index is 14.2. The Morgan fingerprint density at radius 3 is 2.68 bits per heavy atom. The topological polar surface area (TPSA) is 112 Å². The van der Waals surface area contributed by atoms with Crippen LogP contribution in [0.3, 0.4) is 0 Å². The van der Waals surface area contributed by atoms with Crippen molar-refractivity contribution in [3.05, 3.63) is 82.9 Å².